The second-order valence-electron chi connectivity index (χ2n) is 5.21. The Bertz CT molecular complexity index is 320. The highest BCUT2D eigenvalue weighted by atomic mass is 16.5. The number of nitrogens with zero attached hydrogens (tertiary/aromatic N) is 2. The summed E-state index contributed by atoms with van der Waals surface area (Å²) in [7, 11) is 1.75. The summed E-state index contributed by atoms with van der Waals surface area (Å²) in [6.07, 6.45) is 5.10. The molecule has 1 rings (SSSR count). The minimum absolute atomic E-state index is 0.275. The van der Waals surface area contributed by atoms with Gasteiger partial charge in [0.15, 0.2) is 0 Å². The molecule has 0 unspecified atom stereocenters. The molecule has 0 amide bonds. The van der Waals surface area contributed by atoms with Crippen molar-refractivity contribution >= 4 is 0 Å². The highest BCUT2D eigenvalue weighted by Gasteiger charge is 2.16. The van der Waals surface area contributed by atoms with Gasteiger partial charge in [-0.2, -0.15) is 5.10 Å². The van der Waals surface area contributed by atoms with E-state index >= 15 is 0 Å². The summed E-state index contributed by atoms with van der Waals surface area (Å²) in [5.74, 6) is 0. The van der Waals surface area contributed by atoms with Gasteiger partial charge in [0.2, 0.25) is 0 Å². The summed E-state index contributed by atoms with van der Waals surface area (Å²) in [4.78, 5) is 0. The zero-order chi connectivity index (χ0) is 12.7. The van der Waals surface area contributed by atoms with Gasteiger partial charge in [-0.15, -0.1) is 0 Å². The van der Waals surface area contributed by atoms with E-state index in [1.807, 2.05) is 10.9 Å². The molecular formula is C13H25N3O. The highest BCUT2D eigenvalue weighted by Crippen LogP contribution is 2.18. The number of hydrogen-bond acceptors (Lipinski definition) is 3. The Labute approximate surface area is 104 Å². The Balaban J connectivity index is 2.26. The van der Waals surface area contributed by atoms with Crippen molar-refractivity contribution in [1.82, 2.24) is 15.1 Å². The first kappa shape index (κ1) is 14.2. The van der Waals surface area contributed by atoms with Crippen LogP contribution >= 0.6 is 0 Å². The van der Waals surface area contributed by atoms with Crippen LogP contribution in [0.3, 0.4) is 0 Å². The molecule has 0 radical (unpaired) electrons. The molecule has 0 atom stereocenters. The number of methoxy groups -OCH3 is 1. The van der Waals surface area contributed by atoms with Gasteiger partial charge in [0.1, 0.15) is 0 Å². The summed E-state index contributed by atoms with van der Waals surface area (Å²) in [6, 6.07) is 0. The van der Waals surface area contributed by atoms with Gasteiger partial charge in [0, 0.05) is 45.1 Å². The summed E-state index contributed by atoms with van der Waals surface area (Å²) < 4.78 is 7.07. The van der Waals surface area contributed by atoms with Gasteiger partial charge in [0.25, 0.3) is 0 Å². The van der Waals surface area contributed by atoms with Crippen molar-refractivity contribution in [2.45, 2.75) is 40.3 Å². The van der Waals surface area contributed by atoms with Crippen LogP contribution in [0, 0.1) is 5.41 Å². The van der Waals surface area contributed by atoms with Crippen molar-refractivity contribution in [3.05, 3.63) is 18.0 Å². The van der Waals surface area contributed by atoms with Crippen LogP contribution in [0.2, 0.25) is 0 Å². The third-order valence-electron chi connectivity index (χ3n) is 2.93. The summed E-state index contributed by atoms with van der Waals surface area (Å²) >= 11 is 0. The predicted octanol–water partition coefficient (Wildman–Crippen LogP) is 2.06. The van der Waals surface area contributed by atoms with Crippen molar-refractivity contribution in [3.8, 4) is 0 Å². The third kappa shape index (κ3) is 5.33. The topological polar surface area (TPSA) is 39.1 Å². The Morgan fingerprint density at radius 3 is 2.82 bits per heavy atom. The Morgan fingerprint density at radius 2 is 2.24 bits per heavy atom. The smallest absolute Gasteiger partial charge is 0.0534 e. The summed E-state index contributed by atoms with van der Waals surface area (Å²) in [5.41, 5.74) is 1.52. The molecule has 1 aromatic heterocycles. The lowest BCUT2D eigenvalue weighted by Crippen LogP contribution is -2.30. The monoisotopic (exact) mass is 239 g/mol. The van der Waals surface area contributed by atoms with E-state index in [-0.39, 0.29) is 5.41 Å². The lowest BCUT2D eigenvalue weighted by Gasteiger charge is -2.24. The normalized spacial score (nSPS) is 12.0. The molecule has 17 heavy (non-hydrogen) atoms. The lowest BCUT2D eigenvalue weighted by atomic mass is 9.90. The van der Waals surface area contributed by atoms with Crippen LogP contribution in [0.15, 0.2) is 12.4 Å². The molecule has 0 aliphatic carbocycles. The zero-order valence-corrected chi connectivity index (χ0v) is 11.5. The molecule has 4 heteroatoms. The fraction of sp³-hybridized carbons (Fsp3) is 0.769. The molecule has 4 nitrogen and oxygen atoms in total. The maximum atomic E-state index is 5.12. The van der Waals surface area contributed by atoms with Crippen LogP contribution in [0.5, 0.6) is 0 Å². The molecule has 0 saturated heterocycles. The Hall–Kier alpha value is -0.870. The second kappa shape index (κ2) is 6.77. The SMILES string of the molecule is CCn1cc(CNCC(C)(C)CCOC)cn1. The number of hydrogen-bond donors (Lipinski definition) is 1. The fourth-order valence-electron chi connectivity index (χ4n) is 1.68. The van der Waals surface area contributed by atoms with Crippen molar-refractivity contribution < 1.29 is 4.74 Å². The first-order chi connectivity index (χ1) is 8.07. The van der Waals surface area contributed by atoms with Gasteiger partial charge in [-0.05, 0) is 18.8 Å². The largest absolute Gasteiger partial charge is 0.385 e. The third-order valence-corrected chi connectivity index (χ3v) is 2.93. The molecule has 0 fully saturated rings. The number of aryl methyl sites for hydroxylation is 1. The Kier molecular flexibility index (Phi) is 5.65. The van der Waals surface area contributed by atoms with E-state index < -0.39 is 0 Å². The molecule has 1 aromatic rings. The van der Waals surface area contributed by atoms with E-state index in [0.29, 0.717) is 0 Å². The Morgan fingerprint density at radius 1 is 1.47 bits per heavy atom. The van der Waals surface area contributed by atoms with Crippen LogP contribution in [0.4, 0.5) is 0 Å². The summed E-state index contributed by atoms with van der Waals surface area (Å²) in [5, 5.41) is 7.74. The van der Waals surface area contributed by atoms with E-state index in [4.69, 9.17) is 4.74 Å². The molecule has 1 N–H and O–H groups in total. The van der Waals surface area contributed by atoms with Crippen LogP contribution in [0.25, 0.3) is 0 Å². The van der Waals surface area contributed by atoms with Crippen molar-refractivity contribution in [1.29, 1.82) is 0 Å². The van der Waals surface area contributed by atoms with Gasteiger partial charge < -0.3 is 10.1 Å². The lowest BCUT2D eigenvalue weighted by molar-refractivity contribution is 0.150. The molecule has 0 aliphatic rings. The number of rotatable bonds is 8. The fourth-order valence-corrected chi connectivity index (χ4v) is 1.68. The van der Waals surface area contributed by atoms with Crippen molar-refractivity contribution in [2.75, 3.05) is 20.3 Å². The molecule has 0 aliphatic heterocycles. The first-order valence-corrected chi connectivity index (χ1v) is 6.28. The van der Waals surface area contributed by atoms with Crippen LogP contribution in [-0.2, 0) is 17.8 Å². The van der Waals surface area contributed by atoms with E-state index in [0.717, 1.165) is 32.7 Å². The van der Waals surface area contributed by atoms with Gasteiger partial charge in [-0.1, -0.05) is 13.8 Å². The molecule has 0 bridgehead atoms. The van der Waals surface area contributed by atoms with Crippen LogP contribution in [-0.4, -0.2) is 30.0 Å². The van der Waals surface area contributed by atoms with E-state index in [1.165, 1.54) is 5.56 Å². The van der Waals surface area contributed by atoms with Crippen LogP contribution < -0.4 is 5.32 Å². The molecule has 98 valence electrons. The zero-order valence-electron chi connectivity index (χ0n) is 11.5. The minimum atomic E-state index is 0.275. The number of ether oxygens (including phenoxy) is 1. The van der Waals surface area contributed by atoms with Gasteiger partial charge in [-0.3, -0.25) is 4.68 Å². The molecule has 0 spiro atoms. The average Bonchev–Trinajstić information content (AvgIpc) is 2.74. The first-order valence-electron chi connectivity index (χ1n) is 6.28. The molecular weight excluding hydrogens is 214 g/mol. The standard InChI is InChI=1S/C13H25N3O/c1-5-16-10-12(9-15-16)8-14-11-13(2,3)6-7-17-4/h9-10,14H,5-8,11H2,1-4H3. The minimum Gasteiger partial charge on any atom is -0.385 e. The quantitative estimate of drug-likeness (QED) is 0.754. The number of aromatic nitrogens is 2. The molecule has 0 saturated carbocycles. The molecule has 1 heterocycles. The second-order valence-corrected chi connectivity index (χ2v) is 5.21. The van der Waals surface area contributed by atoms with E-state index in [2.05, 4.69) is 37.4 Å². The van der Waals surface area contributed by atoms with Crippen molar-refractivity contribution in [2.24, 2.45) is 5.41 Å². The van der Waals surface area contributed by atoms with E-state index in [9.17, 15) is 0 Å². The molecule has 0 aromatic carbocycles. The maximum absolute atomic E-state index is 5.12. The predicted molar refractivity (Wildman–Crippen MR) is 69.9 cm³/mol. The van der Waals surface area contributed by atoms with Gasteiger partial charge in [0.05, 0.1) is 6.20 Å². The highest BCUT2D eigenvalue weighted by molar-refractivity contribution is 5.03. The maximum Gasteiger partial charge on any atom is 0.0534 e. The van der Waals surface area contributed by atoms with Crippen LogP contribution in [0.1, 0.15) is 32.8 Å². The summed E-state index contributed by atoms with van der Waals surface area (Å²) in [6.45, 7) is 10.2. The number of nitrogens with one attached hydrogen (secondary N) is 1. The van der Waals surface area contributed by atoms with Crippen molar-refractivity contribution in [3.63, 3.8) is 0 Å². The average molecular weight is 239 g/mol. The van der Waals surface area contributed by atoms with Gasteiger partial charge in [-0.25, -0.2) is 0 Å². The van der Waals surface area contributed by atoms with Gasteiger partial charge >= 0.3 is 0 Å². The van der Waals surface area contributed by atoms with E-state index in [1.54, 1.807) is 7.11 Å².